The number of thiocarbonyl (C=S) groups is 1. The zero-order chi connectivity index (χ0) is 20.6. The smallest absolute Gasteiger partial charge is 0.257 e. The van der Waals surface area contributed by atoms with Crippen LogP contribution in [-0.4, -0.2) is 55.3 Å². The third-order valence-electron chi connectivity index (χ3n) is 4.96. The molecule has 0 saturated carbocycles. The summed E-state index contributed by atoms with van der Waals surface area (Å²) in [5.74, 6) is 0.483. The van der Waals surface area contributed by atoms with Crippen LogP contribution in [0.2, 0.25) is 0 Å². The van der Waals surface area contributed by atoms with E-state index in [4.69, 9.17) is 17.0 Å². The van der Waals surface area contributed by atoms with Gasteiger partial charge in [-0.2, -0.15) is 0 Å². The Kier molecular flexibility index (Phi) is 7.43. The van der Waals surface area contributed by atoms with Gasteiger partial charge in [0.15, 0.2) is 5.11 Å². The fourth-order valence-corrected chi connectivity index (χ4v) is 3.50. The van der Waals surface area contributed by atoms with E-state index in [2.05, 4.69) is 39.5 Å². The van der Waals surface area contributed by atoms with Crippen molar-refractivity contribution in [1.29, 1.82) is 0 Å². The van der Waals surface area contributed by atoms with E-state index < -0.39 is 0 Å². The molecule has 0 bridgehead atoms. The number of hydrogen-bond acceptors (Lipinski definition) is 5. The van der Waals surface area contributed by atoms with Crippen LogP contribution in [0.3, 0.4) is 0 Å². The molecule has 1 heterocycles. The molecule has 3 rings (SSSR count). The Bertz CT molecular complexity index is 816. The first kappa shape index (κ1) is 21.1. The van der Waals surface area contributed by atoms with Crippen LogP contribution in [0, 0.1) is 0 Å². The molecule has 2 N–H and O–H groups in total. The lowest BCUT2D eigenvalue weighted by Crippen LogP contribution is -2.46. The van der Waals surface area contributed by atoms with Crippen molar-refractivity contribution in [2.45, 2.75) is 13.8 Å². The van der Waals surface area contributed by atoms with Gasteiger partial charge < -0.3 is 19.9 Å². The summed E-state index contributed by atoms with van der Waals surface area (Å²) >= 11 is 5.28. The van der Waals surface area contributed by atoms with E-state index in [1.54, 1.807) is 24.3 Å². The van der Waals surface area contributed by atoms with Gasteiger partial charge in [0, 0.05) is 43.1 Å². The number of nitrogens with one attached hydrogen (secondary N) is 2. The highest BCUT2D eigenvalue weighted by Crippen LogP contribution is 2.19. The maximum Gasteiger partial charge on any atom is 0.257 e. The highest BCUT2D eigenvalue weighted by atomic mass is 32.1. The summed E-state index contributed by atoms with van der Waals surface area (Å²) in [5.41, 5.74) is 2.58. The SMILES string of the molecule is CCOc1ccc(C(=O)NC(=S)Nc2ccc(N3CCN(CC)CC3)cc2)cc1. The molecule has 29 heavy (non-hydrogen) atoms. The first-order chi connectivity index (χ1) is 14.1. The molecule has 0 radical (unpaired) electrons. The number of likely N-dealkylation sites (N-methyl/N-ethyl adjacent to an activating group) is 1. The number of carbonyl (C=O) groups excluding carboxylic acids is 1. The van der Waals surface area contributed by atoms with Gasteiger partial charge in [0.05, 0.1) is 6.61 Å². The number of hydrogen-bond donors (Lipinski definition) is 2. The van der Waals surface area contributed by atoms with Gasteiger partial charge in [-0.25, -0.2) is 0 Å². The molecule has 0 aliphatic carbocycles. The second-order valence-electron chi connectivity index (χ2n) is 6.83. The van der Waals surface area contributed by atoms with Gasteiger partial charge in [-0.1, -0.05) is 6.92 Å². The molecule has 2 aromatic rings. The van der Waals surface area contributed by atoms with Crippen molar-refractivity contribution in [3.05, 3.63) is 54.1 Å². The number of amides is 1. The van der Waals surface area contributed by atoms with Gasteiger partial charge in [-0.05, 0) is 74.2 Å². The van der Waals surface area contributed by atoms with E-state index in [0.717, 1.165) is 44.2 Å². The number of nitrogens with zero attached hydrogens (tertiary/aromatic N) is 2. The Morgan fingerprint density at radius 3 is 2.24 bits per heavy atom. The quantitative estimate of drug-likeness (QED) is 0.710. The van der Waals surface area contributed by atoms with Crippen molar-refractivity contribution in [2.75, 3.05) is 49.5 Å². The zero-order valence-corrected chi connectivity index (χ0v) is 17.8. The Morgan fingerprint density at radius 2 is 1.66 bits per heavy atom. The van der Waals surface area contributed by atoms with Crippen molar-refractivity contribution in [1.82, 2.24) is 10.2 Å². The lowest BCUT2D eigenvalue weighted by Gasteiger charge is -2.35. The van der Waals surface area contributed by atoms with Gasteiger partial charge >= 0.3 is 0 Å². The normalized spacial score (nSPS) is 14.3. The molecule has 0 unspecified atom stereocenters. The molecular formula is C22H28N4O2S. The lowest BCUT2D eigenvalue weighted by molar-refractivity contribution is 0.0977. The minimum atomic E-state index is -0.254. The molecule has 0 atom stereocenters. The minimum absolute atomic E-state index is 0.254. The van der Waals surface area contributed by atoms with Crippen LogP contribution in [-0.2, 0) is 0 Å². The summed E-state index contributed by atoms with van der Waals surface area (Å²) < 4.78 is 5.39. The van der Waals surface area contributed by atoms with E-state index in [0.29, 0.717) is 12.2 Å². The summed E-state index contributed by atoms with van der Waals surface area (Å²) in [6, 6.07) is 15.1. The third kappa shape index (κ3) is 5.92. The Labute approximate surface area is 177 Å². The van der Waals surface area contributed by atoms with Gasteiger partial charge in [0.25, 0.3) is 5.91 Å². The van der Waals surface area contributed by atoms with E-state index in [9.17, 15) is 4.79 Å². The van der Waals surface area contributed by atoms with Gasteiger partial charge in [-0.15, -0.1) is 0 Å². The molecular weight excluding hydrogens is 384 g/mol. The lowest BCUT2D eigenvalue weighted by atomic mass is 10.2. The number of rotatable bonds is 6. The number of ether oxygens (including phenoxy) is 1. The highest BCUT2D eigenvalue weighted by molar-refractivity contribution is 7.80. The largest absolute Gasteiger partial charge is 0.494 e. The molecule has 2 aromatic carbocycles. The second kappa shape index (κ2) is 10.2. The van der Waals surface area contributed by atoms with Crippen LogP contribution in [0.15, 0.2) is 48.5 Å². The van der Waals surface area contributed by atoms with Gasteiger partial charge in [0.2, 0.25) is 0 Å². The highest BCUT2D eigenvalue weighted by Gasteiger charge is 2.15. The van der Waals surface area contributed by atoms with Crippen LogP contribution in [0.25, 0.3) is 0 Å². The summed E-state index contributed by atoms with van der Waals surface area (Å²) in [5, 5.41) is 6.05. The molecule has 1 amide bonds. The average Bonchev–Trinajstić information content (AvgIpc) is 2.75. The molecule has 1 aliphatic heterocycles. The summed E-state index contributed by atoms with van der Waals surface area (Å²) in [4.78, 5) is 17.2. The van der Waals surface area contributed by atoms with E-state index in [-0.39, 0.29) is 11.0 Å². The fourth-order valence-electron chi connectivity index (χ4n) is 3.28. The van der Waals surface area contributed by atoms with Crippen molar-refractivity contribution in [2.24, 2.45) is 0 Å². The molecule has 1 saturated heterocycles. The molecule has 0 aromatic heterocycles. The molecule has 7 heteroatoms. The van der Waals surface area contributed by atoms with Crippen molar-refractivity contribution >= 4 is 34.6 Å². The van der Waals surface area contributed by atoms with Crippen LogP contribution in [0.5, 0.6) is 5.75 Å². The van der Waals surface area contributed by atoms with Crippen LogP contribution < -0.4 is 20.3 Å². The van der Waals surface area contributed by atoms with Crippen molar-refractivity contribution < 1.29 is 9.53 Å². The molecule has 0 spiro atoms. The standard InChI is InChI=1S/C22H28N4O2S/c1-3-25-13-15-26(16-14-25)19-9-7-18(8-10-19)23-22(29)24-21(27)17-5-11-20(12-6-17)28-4-2/h5-12H,3-4,13-16H2,1-2H3,(H2,23,24,27,29). The van der Waals surface area contributed by atoms with E-state index >= 15 is 0 Å². The molecule has 6 nitrogen and oxygen atoms in total. The first-order valence-electron chi connectivity index (χ1n) is 10.0. The molecule has 154 valence electrons. The predicted octanol–water partition coefficient (Wildman–Crippen LogP) is 3.35. The minimum Gasteiger partial charge on any atom is -0.494 e. The molecule has 1 fully saturated rings. The maximum atomic E-state index is 12.3. The number of carbonyl (C=O) groups is 1. The third-order valence-corrected chi connectivity index (χ3v) is 5.17. The van der Waals surface area contributed by atoms with E-state index in [1.165, 1.54) is 5.69 Å². The number of piperazine rings is 1. The Morgan fingerprint density at radius 1 is 1.00 bits per heavy atom. The van der Waals surface area contributed by atoms with E-state index in [1.807, 2.05) is 19.1 Å². The van der Waals surface area contributed by atoms with Gasteiger partial charge in [-0.3, -0.25) is 10.1 Å². The predicted molar refractivity (Wildman–Crippen MR) is 122 cm³/mol. The van der Waals surface area contributed by atoms with Crippen molar-refractivity contribution in [3.8, 4) is 5.75 Å². The first-order valence-corrected chi connectivity index (χ1v) is 10.4. The Hall–Kier alpha value is -2.64. The fraction of sp³-hybridized carbons (Fsp3) is 0.364. The number of benzene rings is 2. The molecule has 1 aliphatic rings. The monoisotopic (exact) mass is 412 g/mol. The van der Waals surface area contributed by atoms with Crippen molar-refractivity contribution in [3.63, 3.8) is 0 Å². The summed E-state index contributed by atoms with van der Waals surface area (Å²) in [6.45, 7) is 10.1. The zero-order valence-electron chi connectivity index (χ0n) is 17.0. The van der Waals surface area contributed by atoms with Crippen LogP contribution >= 0.6 is 12.2 Å². The average molecular weight is 413 g/mol. The topological polar surface area (TPSA) is 56.8 Å². The van der Waals surface area contributed by atoms with Crippen LogP contribution in [0.4, 0.5) is 11.4 Å². The summed E-state index contributed by atoms with van der Waals surface area (Å²) in [6.07, 6.45) is 0. The number of anilines is 2. The maximum absolute atomic E-state index is 12.3. The second-order valence-corrected chi connectivity index (χ2v) is 7.24. The summed E-state index contributed by atoms with van der Waals surface area (Å²) in [7, 11) is 0. The van der Waals surface area contributed by atoms with Crippen LogP contribution in [0.1, 0.15) is 24.2 Å². The Balaban J connectivity index is 1.50. The van der Waals surface area contributed by atoms with Gasteiger partial charge in [0.1, 0.15) is 5.75 Å².